The van der Waals surface area contributed by atoms with Gasteiger partial charge in [-0.15, -0.1) is 12.6 Å². The molecule has 0 aliphatic heterocycles. The van der Waals surface area contributed by atoms with E-state index in [-0.39, 0.29) is 5.91 Å². The Labute approximate surface area is 239 Å². The summed E-state index contributed by atoms with van der Waals surface area (Å²) in [7, 11) is 0. The Hall–Kier alpha value is -4.68. The van der Waals surface area contributed by atoms with E-state index in [1.807, 2.05) is 103 Å². The summed E-state index contributed by atoms with van der Waals surface area (Å²) in [6, 6.07) is 40.2. The number of hydrogen-bond donors (Lipinski definition) is 2. The Morgan fingerprint density at radius 1 is 0.575 bits per heavy atom. The van der Waals surface area contributed by atoms with Crippen molar-refractivity contribution >= 4 is 24.2 Å². The van der Waals surface area contributed by atoms with Crippen LogP contribution in [0.5, 0.6) is 17.2 Å². The first-order valence-electron chi connectivity index (χ1n) is 12.9. The fourth-order valence-corrected chi connectivity index (χ4v) is 4.16. The number of hydrogen-bond acceptors (Lipinski definition) is 5. The van der Waals surface area contributed by atoms with E-state index in [1.165, 1.54) is 0 Å². The van der Waals surface area contributed by atoms with Crippen molar-refractivity contribution in [3.05, 3.63) is 150 Å². The van der Waals surface area contributed by atoms with Crippen molar-refractivity contribution in [2.24, 2.45) is 0 Å². The monoisotopic (exact) mass is 547 g/mol. The zero-order chi connectivity index (χ0) is 27.6. The second kappa shape index (κ2) is 13.4. The zero-order valence-corrected chi connectivity index (χ0v) is 22.7. The fraction of sp³-hybridized carbons (Fsp3) is 0.0882. The summed E-state index contributed by atoms with van der Waals surface area (Å²) in [5, 5.41) is 2.94. The van der Waals surface area contributed by atoms with Gasteiger partial charge in [0.2, 0.25) is 5.75 Å². The maximum atomic E-state index is 13.4. The molecule has 0 fully saturated rings. The molecule has 5 nitrogen and oxygen atoms in total. The van der Waals surface area contributed by atoms with Gasteiger partial charge in [0, 0.05) is 16.1 Å². The van der Waals surface area contributed by atoms with E-state index in [4.69, 9.17) is 14.2 Å². The van der Waals surface area contributed by atoms with E-state index in [2.05, 4.69) is 17.9 Å². The molecule has 0 aliphatic rings. The number of nitrogens with one attached hydrogen (secondary N) is 1. The lowest BCUT2D eigenvalue weighted by Crippen LogP contribution is -2.13. The van der Waals surface area contributed by atoms with Gasteiger partial charge >= 0.3 is 0 Å². The van der Waals surface area contributed by atoms with Gasteiger partial charge in [0.25, 0.3) is 5.91 Å². The minimum atomic E-state index is -0.296. The Morgan fingerprint density at radius 2 is 1.00 bits per heavy atom. The number of benzene rings is 5. The third-order valence-electron chi connectivity index (χ3n) is 6.11. The van der Waals surface area contributed by atoms with Crippen LogP contribution in [-0.4, -0.2) is 5.91 Å². The summed E-state index contributed by atoms with van der Waals surface area (Å²) in [6.07, 6.45) is 0. The third-order valence-corrected chi connectivity index (χ3v) is 6.41. The molecule has 0 saturated heterocycles. The van der Waals surface area contributed by atoms with Crippen LogP contribution in [0.3, 0.4) is 0 Å². The van der Waals surface area contributed by atoms with Crippen LogP contribution in [-0.2, 0) is 19.8 Å². The Morgan fingerprint density at radius 3 is 1.45 bits per heavy atom. The number of rotatable bonds is 11. The predicted molar refractivity (Wildman–Crippen MR) is 160 cm³/mol. The molecule has 40 heavy (non-hydrogen) atoms. The normalized spacial score (nSPS) is 10.5. The van der Waals surface area contributed by atoms with E-state index in [1.54, 1.807) is 24.3 Å². The van der Waals surface area contributed by atoms with Gasteiger partial charge in [0.1, 0.15) is 19.8 Å². The molecule has 0 radical (unpaired) electrons. The first-order chi connectivity index (χ1) is 19.6. The number of thiol groups is 1. The van der Waals surface area contributed by atoms with Crippen LogP contribution >= 0.6 is 12.6 Å². The predicted octanol–water partition coefficient (Wildman–Crippen LogP) is 7.96. The molecule has 0 aliphatic carbocycles. The SMILES string of the molecule is O=C(Nc1ccc(S)cc1)c1cc(OCc2ccccc2)c(OCc2ccccc2)c(OCc2ccccc2)c1. The van der Waals surface area contributed by atoms with Crippen LogP contribution in [0, 0.1) is 0 Å². The molecular weight excluding hydrogens is 518 g/mol. The summed E-state index contributed by atoms with van der Waals surface area (Å²) in [4.78, 5) is 14.2. The molecule has 0 spiro atoms. The van der Waals surface area contributed by atoms with Gasteiger partial charge in [0.15, 0.2) is 11.5 Å². The Kier molecular flexibility index (Phi) is 9.02. The molecule has 200 valence electrons. The summed E-state index contributed by atoms with van der Waals surface area (Å²) in [6.45, 7) is 0.913. The molecule has 1 N–H and O–H groups in total. The largest absolute Gasteiger partial charge is 0.485 e. The van der Waals surface area contributed by atoms with Gasteiger partial charge in [0.05, 0.1) is 0 Å². The van der Waals surface area contributed by atoms with Crippen molar-refractivity contribution in [1.82, 2.24) is 0 Å². The maximum Gasteiger partial charge on any atom is 0.255 e. The average molecular weight is 548 g/mol. The van der Waals surface area contributed by atoms with Crippen molar-refractivity contribution in [3.8, 4) is 17.2 Å². The highest BCUT2D eigenvalue weighted by Gasteiger charge is 2.20. The van der Waals surface area contributed by atoms with E-state index >= 15 is 0 Å². The smallest absolute Gasteiger partial charge is 0.255 e. The molecule has 5 aromatic carbocycles. The lowest BCUT2D eigenvalue weighted by molar-refractivity contribution is 0.102. The highest BCUT2D eigenvalue weighted by Crippen LogP contribution is 2.40. The first-order valence-corrected chi connectivity index (χ1v) is 13.4. The van der Waals surface area contributed by atoms with E-state index in [9.17, 15) is 4.79 Å². The van der Waals surface area contributed by atoms with E-state index in [0.717, 1.165) is 21.6 Å². The third kappa shape index (κ3) is 7.46. The molecule has 0 saturated carbocycles. The van der Waals surface area contributed by atoms with Crippen LogP contribution in [0.1, 0.15) is 27.0 Å². The molecule has 6 heteroatoms. The van der Waals surface area contributed by atoms with Gasteiger partial charge in [-0.05, 0) is 53.1 Å². The number of carbonyl (C=O) groups excluding carboxylic acids is 1. The summed E-state index contributed by atoms with van der Waals surface area (Å²) in [5.41, 5.74) is 4.02. The fourth-order valence-electron chi connectivity index (χ4n) is 4.01. The van der Waals surface area contributed by atoms with Gasteiger partial charge in [-0.3, -0.25) is 4.79 Å². The number of ether oxygens (including phenoxy) is 3. The topological polar surface area (TPSA) is 56.8 Å². The molecule has 0 aromatic heterocycles. The van der Waals surface area contributed by atoms with Crippen molar-refractivity contribution in [2.45, 2.75) is 24.7 Å². The summed E-state index contributed by atoms with van der Waals surface area (Å²) < 4.78 is 18.8. The second-order valence-corrected chi connectivity index (χ2v) is 9.64. The van der Waals surface area contributed by atoms with Crippen molar-refractivity contribution in [2.75, 3.05) is 5.32 Å². The highest BCUT2D eigenvalue weighted by molar-refractivity contribution is 7.80. The van der Waals surface area contributed by atoms with Crippen LogP contribution in [0.2, 0.25) is 0 Å². The molecule has 0 atom stereocenters. The average Bonchev–Trinajstić information content (AvgIpc) is 3.00. The molecule has 5 rings (SSSR count). The molecule has 5 aromatic rings. The van der Waals surface area contributed by atoms with Gasteiger partial charge in [-0.25, -0.2) is 0 Å². The molecule has 0 heterocycles. The quantitative estimate of drug-likeness (QED) is 0.165. The van der Waals surface area contributed by atoms with Gasteiger partial charge in [-0.2, -0.15) is 0 Å². The van der Waals surface area contributed by atoms with Crippen molar-refractivity contribution in [3.63, 3.8) is 0 Å². The Balaban J connectivity index is 1.49. The lowest BCUT2D eigenvalue weighted by Gasteiger charge is -2.19. The van der Waals surface area contributed by atoms with Crippen LogP contribution < -0.4 is 19.5 Å². The minimum absolute atomic E-state index is 0.296. The number of anilines is 1. The lowest BCUT2D eigenvalue weighted by atomic mass is 10.1. The van der Waals surface area contributed by atoms with Crippen molar-refractivity contribution in [1.29, 1.82) is 0 Å². The minimum Gasteiger partial charge on any atom is -0.485 e. The molecule has 1 amide bonds. The Bertz CT molecular complexity index is 1460. The number of amides is 1. The summed E-state index contributed by atoms with van der Waals surface area (Å²) >= 11 is 4.32. The van der Waals surface area contributed by atoms with Crippen LogP contribution in [0.4, 0.5) is 5.69 Å². The molecular formula is C34H29NO4S. The summed E-state index contributed by atoms with van der Waals surface area (Å²) in [5.74, 6) is 0.977. The zero-order valence-electron chi connectivity index (χ0n) is 21.8. The van der Waals surface area contributed by atoms with E-state index in [0.29, 0.717) is 48.3 Å². The molecule has 0 unspecified atom stereocenters. The van der Waals surface area contributed by atoms with Gasteiger partial charge < -0.3 is 19.5 Å². The number of carbonyl (C=O) groups is 1. The molecule has 0 bridgehead atoms. The van der Waals surface area contributed by atoms with Crippen LogP contribution in [0.25, 0.3) is 0 Å². The van der Waals surface area contributed by atoms with Crippen molar-refractivity contribution < 1.29 is 19.0 Å². The standard InChI is InChI=1S/C34H29NO4S/c36-34(35-29-16-18-30(40)19-17-29)28-20-31(37-22-25-10-4-1-5-11-25)33(39-24-27-14-8-3-9-15-27)32(21-28)38-23-26-12-6-2-7-13-26/h1-21,40H,22-24H2,(H,35,36). The van der Waals surface area contributed by atoms with Gasteiger partial charge in [-0.1, -0.05) is 91.0 Å². The van der Waals surface area contributed by atoms with Crippen LogP contribution in [0.15, 0.2) is 132 Å². The van der Waals surface area contributed by atoms with E-state index < -0.39 is 0 Å². The highest BCUT2D eigenvalue weighted by atomic mass is 32.1. The second-order valence-electron chi connectivity index (χ2n) is 9.13. The first kappa shape index (κ1) is 26.9. The maximum absolute atomic E-state index is 13.4.